The van der Waals surface area contributed by atoms with E-state index in [1.54, 1.807) is 11.3 Å². The van der Waals surface area contributed by atoms with Crippen LogP contribution in [0.4, 0.5) is 0 Å². The van der Waals surface area contributed by atoms with Crippen LogP contribution in [0.2, 0.25) is 0 Å². The van der Waals surface area contributed by atoms with E-state index in [-0.39, 0.29) is 0 Å². The van der Waals surface area contributed by atoms with Crippen molar-refractivity contribution in [2.24, 2.45) is 0 Å². The summed E-state index contributed by atoms with van der Waals surface area (Å²) in [7, 11) is 1.92. The number of thiazole rings is 1. The number of hydrogen-bond donors (Lipinski definition) is 1. The largest absolute Gasteiger partial charge is 0.470 e. The number of nitrogens with zero attached hydrogens (tertiary/aromatic N) is 1. The molecule has 0 amide bonds. The van der Waals surface area contributed by atoms with E-state index in [2.05, 4.69) is 10.3 Å². The summed E-state index contributed by atoms with van der Waals surface area (Å²) in [5.41, 5.74) is 0. The number of rotatable bonds is 4. The molecule has 0 spiro atoms. The molecule has 1 N–H and O–H groups in total. The SMILES string of the molecule is CCOc1ncc(CNC)s1. The van der Waals surface area contributed by atoms with Gasteiger partial charge in [-0.05, 0) is 14.0 Å². The predicted molar refractivity (Wildman–Crippen MR) is 46.0 cm³/mol. The van der Waals surface area contributed by atoms with Gasteiger partial charge in [0.1, 0.15) is 0 Å². The maximum atomic E-state index is 5.21. The molecular formula is C7H12N2OS. The standard InChI is InChI=1S/C7H12N2OS/c1-3-10-7-9-5-6(11-7)4-8-2/h5,8H,3-4H2,1-2H3. The number of aromatic nitrogens is 1. The predicted octanol–water partition coefficient (Wildman–Crippen LogP) is 1.26. The molecule has 0 aliphatic carbocycles. The molecule has 0 aliphatic rings. The summed E-state index contributed by atoms with van der Waals surface area (Å²) in [6, 6.07) is 0. The van der Waals surface area contributed by atoms with Gasteiger partial charge >= 0.3 is 0 Å². The molecule has 1 aromatic rings. The van der Waals surface area contributed by atoms with Crippen LogP contribution in [0, 0.1) is 0 Å². The van der Waals surface area contributed by atoms with Crippen LogP contribution >= 0.6 is 11.3 Å². The van der Waals surface area contributed by atoms with Crippen LogP contribution in [0.1, 0.15) is 11.8 Å². The third-order valence-electron chi connectivity index (χ3n) is 1.15. The molecule has 3 nitrogen and oxygen atoms in total. The summed E-state index contributed by atoms with van der Waals surface area (Å²) in [5, 5.41) is 3.82. The molecular weight excluding hydrogens is 160 g/mol. The maximum absolute atomic E-state index is 5.21. The Bertz CT molecular complexity index is 191. The maximum Gasteiger partial charge on any atom is 0.273 e. The smallest absolute Gasteiger partial charge is 0.273 e. The Kier molecular flexibility index (Phi) is 3.32. The average Bonchev–Trinajstić information content (AvgIpc) is 2.38. The van der Waals surface area contributed by atoms with Gasteiger partial charge in [0.2, 0.25) is 0 Å². The van der Waals surface area contributed by atoms with Crippen molar-refractivity contribution in [3.8, 4) is 5.19 Å². The lowest BCUT2D eigenvalue weighted by Crippen LogP contribution is -2.02. The average molecular weight is 172 g/mol. The molecule has 0 saturated carbocycles. The lowest BCUT2D eigenvalue weighted by atomic mass is 10.5. The van der Waals surface area contributed by atoms with Gasteiger partial charge in [-0.15, -0.1) is 0 Å². The van der Waals surface area contributed by atoms with E-state index < -0.39 is 0 Å². The Hall–Kier alpha value is -0.610. The summed E-state index contributed by atoms with van der Waals surface area (Å²) in [6.07, 6.45) is 1.84. The molecule has 1 rings (SSSR count). The molecule has 1 heterocycles. The molecule has 0 aliphatic heterocycles. The molecule has 0 radical (unpaired) electrons. The molecule has 0 fully saturated rings. The highest BCUT2D eigenvalue weighted by molar-refractivity contribution is 7.13. The van der Waals surface area contributed by atoms with Gasteiger partial charge in [0.15, 0.2) is 0 Å². The first-order chi connectivity index (χ1) is 5.36. The molecule has 11 heavy (non-hydrogen) atoms. The summed E-state index contributed by atoms with van der Waals surface area (Å²) < 4.78 is 5.21. The van der Waals surface area contributed by atoms with E-state index in [0.29, 0.717) is 6.61 Å². The summed E-state index contributed by atoms with van der Waals surface area (Å²) in [4.78, 5) is 5.29. The Morgan fingerprint density at radius 1 is 1.73 bits per heavy atom. The van der Waals surface area contributed by atoms with Crippen molar-refractivity contribution < 1.29 is 4.74 Å². The Balaban J connectivity index is 2.51. The highest BCUT2D eigenvalue weighted by Crippen LogP contribution is 2.19. The second-order valence-electron chi connectivity index (χ2n) is 2.06. The van der Waals surface area contributed by atoms with Crippen LogP contribution < -0.4 is 10.1 Å². The minimum atomic E-state index is 0.687. The first-order valence-electron chi connectivity index (χ1n) is 3.59. The number of nitrogens with one attached hydrogen (secondary N) is 1. The molecule has 62 valence electrons. The van der Waals surface area contributed by atoms with Gasteiger partial charge in [0.25, 0.3) is 5.19 Å². The van der Waals surface area contributed by atoms with Crippen molar-refractivity contribution in [2.45, 2.75) is 13.5 Å². The highest BCUT2D eigenvalue weighted by atomic mass is 32.1. The highest BCUT2D eigenvalue weighted by Gasteiger charge is 1.99. The molecule has 4 heteroatoms. The molecule has 0 aromatic carbocycles. The van der Waals surface area contributed by atoms with E-state index >= 15 is 0 Å². The van der Waals surface area contributed by atoms with E-state index in [1.807, 2.05) is 20.2 Å². The van der Waals surface area contributed by atoms with Gasteiger partial charge in [-0.3, -0.25) is 0 Å². The second kappa shape index (κ2) is 4.31. The number of ether oxygens (including phenoxy) is 1. The normalized spacial score (nSPS) is 10.0. The van der Waals surface area contributed by atoms with Crippen LogP contribution in [0.25, 0.3) is 0 Å². The third-order valence-corrected chi connectivity index (χ3v) is 2.06. The van der Waals surface area contributed by atoms with E-state index in [9.17, 15) is 0 Å². The number of hydrogen-bond acceptors (Lipinski definition) is 4. The molecule has 1 aromatic heterocycles. The topological polar surface area (TPSA) is 34.1 Å². The van der Waals surface area contributed by atoms with Crippen molar-refractivity contribution in [1.82, 2.24) is 10.3 Å². The van der Waals surface area contributed by atoms with Crippen molar-refractivity contribution in [3.63, 3.8) is 0 Å². The minimum Gasteiger partial charge on any atom is -0.470 e. The van der Waals surface area contributed by atoms with Crippen molar-refractivity contribution in [3.05, 3.63) is 11.1 Å². The van der Waals surface area contributed by atoms with E-state index in [1.165, 1.54) is 4.88 Å². The van der Waals surface area contributed by atoms with Gasteiger partial charge in [-0.25, -0.2) is 4.98 Å². The van der Waals surface area contributed by atoms with Crippen molar-refractivity contribution >= 4 is 11.3 Å². The lowest BCUT2D eigenvalue weighted by molar-refractivity contribution is 0.338. The Labute approximate surface area is 70.4 Å². The zero-order valence-corrected chi connectivity index (χ0v) is 7.57. The third kappa shape index (κ3) is 2.48. The second-order valence-corrected chi connectivity index (χ2v) is 3.13. The summed E-state index contributed by atoms with van der Waals surface area (Å²) in [5.74, 6) is 0. The van der Waals surface area contributed by atoms with E-state index in [0.717, 1.165) is 11.7 Å². The lowest BCUT2D eigenvalue weighted by Gasteiger charge is -1.93. The van der Waals surface area contributed by atoms with Crippen molar-refractivity contribution in [2.75, 3.05) is 13.7 Å². The Morgan fingerprint density at radius 3 is 3.18 bits per heavy atom. The van der Waals surface area contributed by atoms with Gasteiger partial charge in [-0.2, -0.15) is 0 Å². The zero-order chi connectivity index (χ0) is 8.10. The monoisotopic (exact) mass is 172 g/mol. The quantitative estimate of drug-likeness (QED) is 0.742. The first kappa shape index (κ1) is 8.49. The minimum absolute atomic E-state index is 0.687. The van der Waals surface area contributed by atoms with Crippen LogP contribution in [-0.4, -0.2) is 18.6 Å². The molecule has 0 atom stereocenters. The molecule has 0 saturated heterocycles. The Morgan fingerprint density at radius 2 is 2.55 bits per heavy atom. The van der Waals surface area contributed by atoms with Gasteiger partial charge in [-0.1, -0.05) is 11.3 Å². The summed E-state index contributed by atoms with van der Waals surface area (Å²) >= 11 is 1.59. The van der Waals surface area contributed by atoms with Crippen LogP contribution in [-0.2, 0) is 6.54 Å². The van der Waals surface area contributed by atoms with Gasteiger partial charge in [0.05, 0.1) is 6.61 Å². The fraction of sp³-hybridized carbons (Fsp3) is 0.571. The molecule has 0 bridgehead atoms. The van der Waals surface area contributed by atoms with Crippen LogP contribution in [0.3, 0.4) is 0 Å². The van der Waals surface area contributed by atoms with Gasteiger partial charge in [0, 0.05) is 17.6 Å². The fourth-order valence-electron chi connectivity index (χ4n) is 0.736. The molecule has 0 unspecified atom stereocenters. The zero-order valence-electron chi connectivity index (χ0n) is 6.76. The van der Waals surface area contributed by atoms with Crippen molar-refractivity contribution in [1.29, 1.82) is 0 Å². The first-order valence-corrected chi connectivity index (χ1v) is 4.40. The van der Waals surface area contributed by atoms with Gasteiger partial charge < -0.3 is 10.1 Å². The fourth-order valence-corrected chi connectivity index (χ4v) is 1.56. The van der Waals surface area contributed by atoms with Crippen LogP contribution in [0.15, 0.2) is 6.20 Å². The summed E-state index contributed by atoms with van der Waals surface area (Å²) in [6.45, 7) is 3.51. The van der Waals surface area contributed by atoms with E-state index in [4.69, 9.17) is 4.74 Å². The van der Waals surface area contributed by atoms with Crippen LogP contribution in [0.5, 0.6) is 5.19 Å².